The minimum Gasteiger partial charge on any atom is -1.00 e. The van der Waals surface area contributed by atoms with Gasteiger partial charge in [-0.25, -0.2) is 0 Å². The van der Waals surface area contributed by atoms with Crippen molar-refractivity contribution >= 4 is 42.4 Å². The summed E-state index contributed by atoms with van der Waals surface area (Å²) in [5.41, 5.74) is 0. The Labute approximate surface area is 78.8 Å². The van der Waals surface area contributed by atoms with E-state index in [0.29, 0.717) is 0 Å². The monoisotopic (exact) mass is 301 g/mol. The number of hydrogen-bond donors (Lipinski definition) is 0. The van der Waals surface area contributed by atoms with E-state index < -0.39 is 0 Å². The minimum absolute atomic E-state index is 0. The molecule has 0 bridgehead atoms. The van der Waals surface area contributed by atoms with Gasteiger partial charge < -0.3 is 37.2 Å². The van der Waals surface area contributed by atoms with Crippen molar-refractivity contribution < 1.29 is 37.2 Å². The van der Waals surface area contributed by atoms with Crippen molar-refractivity contribution in [2.24, 2.45) is 0 Å². The third kappa shape index (κ3) is 22.3. The molecule has 0 aromatic heterocycles. The Kier molecular flexibility index (Phi) is 382. The van der Waals surface area contributed by atoms with Gasteiger partial charge in [0.05, 0.1) is 0 Å². The SMILES string of the molecule is [As+3].[Cl-].[Cl-].[Cl-].[Sb+3]. The van der Waals surface area contributed by atoms with E-state index in [0.717, 1.165) is 0 Å². The molecular weight excluding hydrogens is 303 g/mol. The predicted octanol–water partition coefficient (Wildman–Crippen LogP) is -9.75. The van der Waals surface area contributed by atoms with Gasteiger partial charge in [-0.05, 0) is 0 Å². The smallest absolute Gasteiger partial charge is 1.00 e. The molecule has 0 atom stereocenters. The molecule has 0 aliphatic heterocycles. The second kappa shape index (κ2) is 34.1. The zero-order valence-corrected chi connectivity index (χ0v) is 8.73. The zero-order valence-electron chi connectivity index (χ0n) is 2.03. The van der Waals surface area contributed by atoms with Crippen molar-refractivity contribution in [1.82, 2.24) is 0 Å². The van der Waals surface area contributed by atoms with E-state index >= 15 is 0 Å². The average molecular weight is 303 g/mol. The maximum Gasteiger partial charge on any atom is 3.00 e. The van der Waals surface area contributed by atoms with Gasteiger partial charge in [-0.1, -0.05) is 0 Å². The number of halogens is 3. The van der Waals surface area contributed by atoms with Crippen LogP contribution in [0.1, 0.15) is 0 Å². The van der Waals surface area contributed by atoms with Gasteiger partial charge in [0.1, 0.15) is 0 Å². The van der Waals surface area contributed by atoms with Crippen molar-refractivity contribution in [2.75, 3.05) is 0 Å². The standard InChI is InChI=1S/As.3ClH.Sb/h;3*1H;/q+3;;;;+3/p-3. The topological polar surface area (TPSA) is 0 Å². The zero-order chi connectivity index (χ0) is 0. The van der Waals surface area contributed by atoms with Crippen LogP contribution < -0.4 is 37.2 Å². The van der Waals surface area contributed by atoms with Crippen LogP contribution >= 0.6 is 0 Å². The molecule has 0 unspecified atom stereocenters. The summed E-state index contributed by atoms with van der Waals surface area (Å²) < 4.78 is 0. The maximum absolute atomic E-state index is 0. The third-order valence-corrected chi connectivity index (χ3v) is 0. The molecule has 0 aromatic carbocycles. The van der Waals surface area contributed by atoms with Gasteiger partial charge in [-0.15, -0.1) is 0 Å². The molecule has 0 fully saturated rings. The van der Waals surface area contributed by atoms with E-state index in [-0.39, 0.29) is 79.6 Å². The normalized spacial score (nSPS) is 0. The molecule has 5 heteroatoms. The van der Waals surface area contributed by atoms with Crippen molar-refractivity contribution in [3.05, 3.63) is 0 Å². The van der Waals surface area contributed by atoms with Gasteiger partial charge in [0, 0.05) is 0 Å². The van der Waals surface area contributed by atoms with Crippen molar-refractivity contribution in [3.8, 4) is 0 Å². The Balaban J connectivity index is 0. The van der Waals surface area contributed by atoms with Gasteiger partial charge in [-0.3, -0.25) is 0 Å². The van der Waals surface area contributed by atoms with E-state index in [1.807, 2.05) is 0 Å². The molecule has 0 nitrogen and oxygen atoms in total. The van der Waals surface area contributed by atoms with Gasteiger partial charge >= 0.3 is 42.4 Å². The minimum atomic E-state index is 0. The summed E-state index contributed by atoms with van der Waals surface area (Å²) in [7, 11) is 0. The largest absolute Gasteiger partial charge is 3.00 e. The number of rotatable bonds is 0. The fourth-order valence-corrected chi connectivity index (χ4v) is 0. The third-order valence-electron chi connectivity index (χ3n) is 0. The molecule has 0 N–H and O–H groups in total. The van der Waals surface area contributed by atoms with Crippen LogP contribution in [0.15, 0.2) is 0 Å². The first-order chi connectivity index (χ1) is 0. The molecule has 0 aliphatic rings. The van der Waals surface area contributed by atoms with Gasteiger partial charge in [0.2, 0.25) is 0 Å². The predicted molar refractivity (Wildman–Crippen MR) is 11.5 cm³/mol. The van der Waals surface area contributed by atoms with E-state index in [1.54, 1.807) is 0 Å². The summed E-state index contributed by atoms with van der Waals surface area (Å²) in [4.78, 5) is 0. The van der Waals surface area contributed by atoms with Gasteiger partial charge in [0.25, 0.3) is 0 Å². The fraction of sp³-hybridized carbons (Fsp3) is 0. The molecule has 0 aromatic rings. The van der Waals surface area contributed by atoms with Crippen LogP contribution in [0.4, 0.5) is 0 Å². The van der Waals surface area contributed by atoms with Crippen LogP contribution in [0.3, 0.4) is 0 Å². The van der Waals surface area contributed by atoms with Crippen LogP contribution in [0.5, 0.6) is 0 Å². The first-order valence-electron chi connectivity index (χ1n) is 0. The molecule has 0 rings (SSSR count). The van der Waals surface area contributed by atoms with Crippen LogP contribution in [0, 0.1) is 0 Å². The van der Waals surface area contributed by atoms with Crippen LogP contribution in [-0.2, 0) is 0 Å². The molecular formula is AsCl3Sb+3. The average Bonchev–Trinajstić information content (AvgIpc) is 0. The van der Waals surface area contributed by atoms with Crippen molar-refractivity contribution in [2.45, 2.75) is 0 Å². The Morgan fingerprint density at radius 3 is 0.600 bits per heavy atom. The molecule has 0 heterocycles. The summed E-state index contributed by atoms with van der Waals surface area (Å²) in [6.07, 6.45) is 0. The summed E-state index contributed by atoms with van der Waals surface area (Å²) in [5, 5.41) is 0. The fourth-order valence-electron chi connectivity index (χ4n) is 0. The molecule has 4 radical (unpaired) electrons. The first kappa shape index (κ1) is 56.0. The van der Waals surface area contributed by atoms with E-state index in [4.69, 9.17) is 0 Å². The Bertz CT molecular complexity index is 6.85. The molecule has 0 saturated carbocycles. The molecule has 5 heavy (non-hydrogen) atoms. The van der Waals surface area contributed by atoms with E-state index in [2.05, 4.69) is 0 Å². The second-order valence-electron chi connectivity index (χ2n) is 0. The van der Waals surface area contributed by atoms with Gasteiger partial charge in [0.15, 0.2) is 0 Å². The second-order valence-corrected chi connectivity index (χ2v) is 0. The molecule has 0 amide bonds. The maximum atomic E-state index is 0. The van der Waals surface area contributed by atoms with E-state index in [9.17, 15) is 0 Å². The molecule has 0 spiro atoms. The Morgan fingerprint density at radius 1 is 0.600 bits per heavy atom. The molecule has 0 saturated heterocycles. The van der Waals surface area contributed by atoms with E-state index in [1.165, 1.54) is 0 Å². The van der Waals surface area contributed by atoms with Crippen LogP contribution in [0.25, 0.3) is 0 Å². The van der Waals surface area contributed by atoms with Crippen LogP contribution in [-0.4, -0.2) is 42.4 Å². The van der Waals surface area contributed by atoms with Gasteiger partial charge in [-0.2, -0.15) is 0 Å². The van der Waals surface area contributed by atoms with Crippen LogP contribution in [0.2, 0.25) is 0 Å². The van der Waals surface area contributed by atoms with Crippen molar-refractivity contribution in [1.29, 1.82) is 0 Å². The molecule has 28 valence electrons. The summed E-state index contributed by atoms with van der Waals surface area (Å²) in [6, 6.07) is 0. The Hall–Kier alpha value is 2.25. The summed E-state index contributed by atoms with van der Waals surface area (Å²) in [6.45, 7) is 0. The quantitative estimate of drug-likeness (QED) is 0.390. The first-order valence-corrected chi connectivity index (χ1v) is 0. The van der Waals surface area contributed by atoms with Crippen molar-refractivity contribution in [3.63, 3.8) is 0 Å². The Morgan fingerprint density at radius 2 is 0.600 bits per heavy atom. The summed E-state index contributed by atoms with van der Waals surface area (Å²) in [5.74, 6) is 0. The summed E-state index contributed by atoms with van der Waals surface area (Å²) >= 11 is 0. The molecule has 0 aliphatic carbocycles. The number of hydrogen-bond acceptors (Lipinski definition) is 0.